The molecule has 1 saturated heterocycles. The van der Waals surface area contributed by atoms with Gasteiger partial charge in [-0.3, -0.25) is 9.69 Å². The molecular formula is C12H15N3O. The molecule has 1 unspecified atom stereocenters. The number of hydrogen-bond donors (Lipinski definition) is 1. The van der Waals surface area contributed by atoms with Crippen LogP contribution < -0.4 is 5.56 Å². The zero-order valence-electron chi connectivity index (χ0n) is 9.15. The summed E-state index contributed by atoms with van der Waals surface area (Å²) >= 11 is 0. The molecule has 0 amide bonds. The number of rotatable bonds is 2. The van der Waals surface area contributed by atoms with Crippen molar-refractivity contribution >= 4 is 0 Å². The molecule has 84 valence electrons. The van der Waals surface area contributed by atoms with Gasteiger partial charge in [-0.1, -0.05) is 6.42 Å². The SMILES string of the molecule is N#CC(c1cc[nH]c(=O)c1)N1CCCCC1. The highest BCUT2D eigenvalue weighted by Crippen LogP contribution is 2.22. The summed E-state index contributed by atoms with van der Waals surface area (Å²) < 4.78 is 0. The first-order valence-electron chi connectivity index (χ1n) is 5.63. The van der Waals surface area contributed by atoms with E-state index < -0.39 is 0 Å². The van der Waals surface area contributed by atoms with Crippen LogP contribution in [-0.4, -0.2) is 23.0 Å². The zero-order chi connectivity index (χ0) is 11.4. The van der Waals surface area contributed by atoms with Crippen LogP contribution in [0.1, 0.15) is 30.9 Å². The quantitative estimate of drug-likeness (QED) is 0.815. The zero-order valence-corrected chi connectivity index (χ0v) is 9.15. The number of nitriles is 1. The van der Waals surface area contributed by atoms with Crippen LogP contribution in [-0.2, 0) is 0 Å². The fourth-order valence-corrected chi connectivity index (χ4v) is 2.17. The van der Waals surface area contributed by atoms with Crippen LogP contribution in [0.3, 0.4) is 0 Å². The Kier molecular flexibility index (Phi) is 3.37. The third-order valence-electron chi connectivity index (χ3n) is 2.99. The molecule has 0 spiro atoms. The molecule has 1 fully saturated rings. The van der Waals surface area contributed by atoms with Gasteiger partial charge in [-0.05, 0) is 37.6 Å². The van der Waals surface area contributed by atoms with E-state index in [1.807, 2.05) is 6.07 Å². The van der Waals surface area contributed by atoms with E-state index in [0.717, 1.165) is 31.5 Å². The molecule has 1 aromatic heterocycles. The van der Waals surface area contributed by atoms with Gasteiger partial charge in [0, 0.05) is 12.3 Å². The minimum atomic E-state index is -0.275. The Labute approximate surface area is 94.5 Å². The van der Waals surface area contributed by atoms with Crippen LogP contribution in [0, 0.1) is 11.3 Å². The van der Waals surface area contributed by atoms with E-state index in [4.69, 9.17) is 0 Å². The van der Waals surface area contributed by atoms with Crippen molar-refractivity contribution in [2.24, 2.45) is 0 Å². The molecule has 0 saturated carbocycles. The second kappa shape index (κ2) is 4.95. The number of pyridine rings is 1. The molecule has 1 aliphatic heterocycles. The Morgan fingerprint density at radius 2 is 2.12 bits per heavy atom. The van der Waals surface area contributed by atoms with Crippen LogP contribution in [0.5, 0.6) is 0 Å². The van der Waals surface area contributed by atoms with Crippen molar-refractivity contribution < 1.29 is 0 Å². The van der Waals surface area contributed by atoms with Gasteiger partial charge in [0.1, 0.15) is 6.04 Å². The molecule has 1 N–H and O–H groups in total. The van der Waals surface area contributed by atoms with E-state index in [9.17, 15) is 10.1 Å². The molecule has 1 aliphatic rings. The first kappa shape index (κ1) is 10.9. The van der Waals surface area contributed by atoms with Gasteiger partial charge in [0.15, 0.2) is 0 Å². The number of piperidine rings is 1. The van der Waals surface area contributed by atoms with Crippen molar-refractivity contribution in [3.05, 3.63) is 34.2 Å². The molecule has 1 atom stereocenters. The number of nitrogens with one attached hydrogen (secondary N) is 1. The minimum absolute atomic E-state index is 0.144. The summed E-state index contributed by atoms with van der Waals surface area (Å²) in [7, 11) is 0. The highest BCUT2D eigenvalue weighted by molar-refractivity contribution is 5.21. The number of likely N-dealkylation sites (tertiary alicyclic amines) is 1. The van der Waals surface area contributed by atoms with Gasteiger partial charge in [0.05, 0.1) is 6.07 Å². The lowest BCUT2D eigenvalue weighted by Gasteiger charge is -2.30. The Morgan fingerprint density at radius 1 is 1.38 bits per heavy atom. The molecule has 0 bridgehead atoms. The summed E-state index contributed by atoms with van der Waals surface area (Å²) in [4.78, 5) is 15.9. The highest BCUT2D eigenvalue weighted by atomic mass is 16.1. The maximum atomic E-state index is 11.2. The molecular weight excluding hydrogens is 202 g/mol. The average Bonchev–Trinajstić information content (AvgIpc) is 2.31. The van der Waals surface area contributed by atoms with Crippen molar-refractivity contribution in [3.8, 4) is 6.07 Å². The normalized spacial score (nSPS) is 18.9. The van der Waals surface area contributed by atoms with Crippen molar-refractivity contribution in [1.82, 2.24) is 9.88 Å². The molecule has 1 aromatic rings. The number of aromatic nitrogens is 1. The smallest absolute Gasteiger partial charge is 0.248 e. The van der Waals surface area contributed by atoms with E-state index in [-0.39, 0.29) is 11.6 Å². The minimum Gasteiger partial charge on any atom is -0.329 e. The van der Waals surface area contributed by atoms with Crippen molar-refractivity contribution in [2.45, 2.75) is 25.3 Å². The summed E-state index contributed by atoms with van der Waals surface area (Å²) in [6.45, 7) is 1.90. The fourth-order valence-electron chi connectivity index (χ4n) is 2.17. The topological polar surface area (TPSA) is 59.9 Å². The van der Waals surface area contributed by atoms with Crippen molar-refractivity contribution in [1.29, 1.82) is 5.26 Å². The Hall–Kier alpha value is -1.60. The van der Waals surface area contributed by atoms with Gasteiger partial charge in [-0.2, -0.15) is 5.26 Å². The van der Waals surface area contributed by atoms with Crippen LogP contribution in [0.4, 0.5) is 0 Å². The number of aromatic amines is 1. The van der Waals surface area contributed by atoms with Crippen molar-refractivity contribution in [2.75, 3.05) is 13.1 Å². The lowest BCUT2D eigenvalue weighted by atomic mass is 10.0. The Morgan fingerprint density at radius 3 is 2.75 bits per heavy atom. The van der Waals surface area contributed by atoms with Crippen LogP contribution >= 0.6 is 0 Å². The van der Waals surface area contributed by atoms with Gasteiger partial charge < -0.3 is 4.98 Å². The summed E-state index contributed by atoms with van der Waals surface area (Å²) in [6.07, 6.45) is 5.12. The maximum absolute atomic E-state index is 11.2. The molecule has 16 heavy (non-hydrogen) atoms. The van der Waals surface area contributed by atoms with E-state index >= 15 is 0 Å². The monoisotopic (exact) mass is 217 g/mol. The summed E-state index contributed by atoms with van der Waals surface area (Å²) in [5.41, 5.74) is 0.655. The second-order valence-electron chi connectivity index (χ2n) is 4.11. The predicted octanol–water partition coefficient (Wildman–Crippen LogP) is 1.43. The highest BCUT2D eigenvalue weighted by Gasteiger charge is 2.21. The number of hydrogen-bond acceptors (Lipinski definition) is 3. The van der Waals surface area contributed by atoms with Crippen LogP contribution in [0.15, 0.2) is 23.1 Å². The third kappa shape index (κ3) is 2.31. The maximum Gasteiger partial charge on any atom is 0.248 e. The van der Waals surface area contributed by atoms with Crippen molar-refractivity contribution in [3.63, 3.8) is 0 Å². The van der Waals surface area contributed by atoms with Gasteiger partial charge >= 0.3 is 0 Å². The average molecular weight is 217 g/mol. The molecule has 2 rings (SSSR count). The molecule has 0 aromatic carbocycles. The number of nitrogens with zero attached hydrogens (tertiary/aromatic N) is 2. The van der Waals surface area contributed by atoms with Gasteiger partial charge in [0.25, 0.3) is 0 Å². The predicted molar refractivity (Wildman–Crippen MR) is 60.8 cm³/mol. The summed E-state index contributed by atoms with van der Waals surface area (Å²) in [5, 5.41) is 9.22. The van der Waals surface area contributed by atoms with Gasteiger partial charge in [-0.15, -0.1) is 0 Å². The molecule has 4 nitrogen and oxygen atoms in total. The largest absolute Gasteiger partial charge is 0.329 e. The van der Waals surface area contributed by atoms with Crippen LogP contribution in [0.2, 0.25) is 0 Å². The standard InChI is InChI=1S/C12H15N3O/c13-9-11(15-6-2-1-3-7-15)10-4-5-14-12(16)8-10/h4-5,8,11H,1-3,6-7H2,(H,14,16). The lowest BCUT2D eigenvalue weighted by molar-refractivity contribution is 0.196. The molecule has 4 heteroatoms. The van der Waals surface area contributed by atoms with Gasteiger partial charge in [-0.25, -0.2) is 0 Å². The van der Waals surface area contributed by atoms with E-state index in [2.05, 4.69) is 16.0 Å². The van der Waals surface area contributed by atoms with E-state index in [1.165, 1.54) is 12.5 Å². The van der Waals surface area contributed by atoms with E-state index in [0.29, 0.717) is 0 Å². The second-order valence-corrected chi connectivity index (χ2v) is 4.11. The molecule has 2 heterocycles. The Balaban J connectivity index is 2.22. The Bertz CT molecular complexity index is 440. The fraction of sp³-hybridized carbons (Fsp3) is 0.500. The van der Waals surface area contributed by atoms with Crippen LogP contribution in [0.25, 0.3) is 0 Å². The molecule has 0 aliphatic carbocycles. The molecule has 0 radical (unpaired) electrons. The number of H-pyrrole nitrogens is 1. The third-order valence-corrected chi connectivity index (χ3v) is 2.99. The lowest BCUT2D eigenvalue weighted by Crippen LogP contribution is -2.33. The van der Waals surface area contributed by atoms with E-state index in [1.54, 1.807) is 6.20 Å². The van der Waals surface area contributed by atoms with Gasteiger partial charge in [0.2, 0.25) is 5.56 Å². The summed E-state index contributed by atoms with van der Waals surface area (Å²) in [5.74, 6) is 0. The first-order chi connectivity index (χ1) is 7.81. The first-order valence-corrected chi connectivity index (χ1v) is 5.63. The summed E-state index contributed by atoms with van der Waals surface area (Å²) in [6, 6.07) is 5.34.